The van der Waals surface area contributed by atoms with Gasteiger partial charge in [-0.3, -0.25) is 0 Å². The van der Waals surface area contributed by atoms with Crippen LogP contribution in [-0.4, -0.2) is 22.9 Å². The van der Waals surface area contributed by atoms with E-state index in [0.29, 0.717) is 13.0 Å². The van der Waals surface area contributed by atoms with Gasteiger partial charge in [0.1, 0.15) is 12.0 Å². The van der Waals surface area contributed by atoms with E-state index in [4.69, 9.17) is 15.6 Å². The average molecular weight is 206 g/mol. The molecule has 0 aliphatic rings. The van der Waals surface area contributed by atoms with Crippen molar-refractivity contribution in [1.82, 2.24) is 4.98 Å². The molecule has 0 aliphatic heterocycles. The van der Waals surface area contributed by atoms with Crippen molar-refractivity contribution in [3.63, 3.8) is 0 Å². The van der Waals surface area contributed by atoms with Gasteiger partial charge >= 0.3 is 0 Å². The predicted octanol–water partition coefficient (Wildman–Crippen LogP) is 1.21. The molecular formula is C11H14N2O2. The molecule has 1 atom stereocenters. The van der Waals surface area contributed by atoms with E-state index in [0.717, 1.165) is 16.7 Å². The molecule has 4 N–H and O–H groups in total. The van der Waals surface area contributed by atoms with Crippen molar-refractivity contribution in [2.45, 2.75) is 12.6 Å². The molecule has 1 heterocycles. The minimum absolute atomic E-state index is 0.416. The molecule has 0 aliphatic carbocycles. The molecule has 4 heteroatoms. The number of aromatic amines is 1. The van der Waals surface area contributed by atoms with Crippen molar-refractivity contribution in [2.75, 3.05) is 6.61 Å². The van der Waals surface area contributed by atoms with E-state index in [1.54, 1.807) is 0 Å². The van der Waals surface area contributed by atoms with Crippen LogP contribution in [0.25, 0.3) is 10.9 Å². The predicted molar refractivity (Wildman–Crippen MR) is 58.6 cm³/mol. The van der Waals surface area contributed by atoms with Gasteiger partial charge in [-0.25, -0.2) is 0 Å². The molecule has 1 aromatic heterocycles. The van der Waals surface area contributed by atoms with Gasteiger partial charge in [0.05, 0.1) is 6.61 Å². The maximum absolute atomic E-state index is 8.88. The summed E-state index contributed by atoms with van der Waals surface area (Å²) in [5.41, 5.74) is 6.25. The monoisotopic (exact) mass is 206 g/mol. The third kappa shape index (κ3) is 2.29. The fraction of sp³-hybridized carbons (Fsp3) is 0.273. The second-order valence-corrected chi connectivity index (χ2v) is 3.40. The number of aliphatic hydroxyl groups excluding tert-OH is 1. The average Bonchev–Trinajstić information content (AvgIpc) is 2.62. The van der Waals surface area contributed by atoms with Gasteiger partial charge in [-0.2, -0.15) is 0 Å². The number of nitrogens with one attached hydrogen (secondary N) is 1. The molecule has 0 saturated carbocycles. The Hall–Kier alpha value is -1.52. The van der Waals surface area contributed by atoms with E-state index in [1.807, 2.05) is 30.5 Å². The van der Waals surface area contributed by atoms with Gasteiger partial charge in [-0.05, 0) is 12.1 Å². The lowest BCUT2D eigenvalue weighted by atomic mass is 10.2. The maximum atomic E-state index is 8.88. The second-order valence-electron chi connectivity index (χ2n) is 3.40. The summed E-state index contributed by atoms with van der Waals surface area (Å²) in [6.07, 6.45) is 1.43. The van der Waals surface area contributed by atoms with Gasteiger partial charge < -0.3 is 20.6 Å². The standard InChI is InChI=1S/C11H14N2O2/c12-11(14)5-6-15-10-7-13-9-4-2-1-3-8(9)10/h1-4,7,11,13-14H,5-6,12H2. The van der Waals surface area contributed by atoms with E-state index in [9.17, 15) is 0 Å². The van der Waals surface area contributed by atoms with Gasteiger partial charge in [-0.1, -0.05) is 12.1 Å². The topological polar surface area (TPSA) is 71.3 Å². The minimum Gasteiger partial charge on any atom is -0.491 e. The van der Waals surface area contributed by atoms with Crippen LogP contribution in [0.1, 0.15) is 6.42 Å². The summed E-state index contributed by atoms with van der Waals surface area (Å²) < 4.78 is 5.50. The third-order valence-corrected chi connectivity index (χ3v) is 2.22. The van der Waals surface area contributed by atoms with Gasteiger partial charge in [0, 0.05) is 23.5 Å². The Morgan fingerprint density at radius 2 is 2.20 bits per heavy atom. The van der Waals surface area contributed by atoms with E-state index >= 15 is 0 Å². The second kappa shape index (κ2) is 4.33. The molecule has 80 valence electrons. The SMILES string of the molecule is NC(O)CCOc1c[nH]c2ccccc12. The summed E-state index contributed by atoms with van der Waals surface area (Å²) in [5.74, 6) is 0.797. The Labute approximate surface area is 87.7 Å². The summed E-state index contributed by atoms with van der Waals surface area (Å²) in [6.45, 7) is 0.416. The molecule has 2 rings (SSSR count). The fourth-order valence-corrected chi connectivity index (χ4v) is 1.45. The molecular weight excluding hydrogens is 192 g/mol. The third-order valence-electron chi connectivity index (χ3n) is 2.22. The lowest BCUT2D eigenvalue weighted by Crippen LogP contribution is -2.21. The zero-order valence-electron chi connectivity index (χ0n) is 8.31. The molecule has 1 unspecified atom stereocenters. The molecule has 0 radical (unpaired) electrons. The van der Waals surface area contributed by atoms with Crippen LogP contribution in [0.5, 0.6) is 5.75 Å². The van der Waals surface area contributed by atoms with Crippen LogP contribution < -0.4 is 10.5 Å². The summed E-state index contributed by atoms with van der Waals surface area (Å²) in [7, 11) is 0. The number of fused-ring (bicyclic) bond motifs is 1. The van der Waals surface area contributed by atoms with Crippen molar-refractivity contribution in [2.24, 2.45) is 5.73 Å². The first-order chi connectivity index (χ1) is 7.27. The normalized spacial score (nSPS) is 12.9. The summed E-state index contributed by atoms with van der Waals surface area (Å²) >= 11 is 0. The Morgan fingerprint density at radius 1 is 1.40 bits per heavy atom. The van der Waals surface area contributed by atoms with Crippen molar-refractivity contribution < 1.29 is 9.84 Å². The van der Waals surface area contributed by atoms with Crippen LogP contribution in [0.15, 0.2) is 30.5 Å². The molecule has 4 nitrogen and oxygen atoms in total. The Balaban J connectivity index is 2.08. The number of aliphatic hydroxyl groups is 1. The molecule has 0 amide bonds. The quantitative estimate of drug-likeness (QED) is 0.658. The van der Waals surface area contributed by atoms with Crippen molar-refractivity contribution in [3.05, 3.63) is 30.5 Å². The Kier molecular flexibility index (Phi) is 2.89. The van der Waals surface area contributed by atoms with Gasteiger partial charge in [0.15, 0.2) is 0 Å². The highest BCUT2D eigenvalue weighted by Crippen LogP contribution is 2.24. The van der Waals surface area contributed by atoms with E-state index in [2.05, 4.69) is 4.98 Å². The molecule has 0 bridgehead atoms. The maximum Gasteiger partial charge on any atom is 0.144 e. The van der Waals surface area contributed by atoms with Crippen LogP contribution >= 0.6 is 0 Å². The molecule has 15 heavy (non-hydrogen) atoms. The highest BCUT2D eigenvalue weighted by molar-refractivity contribution is 5.85. The van der Waals surface area contributed by atoms with E-state index < -0.39 is 6.23 Å². The van der Waals surface area contributed by atoms with Crippen LogP contribution in [-0.2, 0) is 0 Å². The number of ether oxygens (including phenoxy) is 1. The lowest BCUT2D eigenvalue weighted by Gasteiger charge is -2.06. The van der Waals surface area contributed by atoms with Crippen LogP contribution in [0.3, 0.4) is 0 Å². The van der Waals surface area contributed by atoms with Gasteiger partial charge in [0.2, 0.25) is 0 Å². The van der Waals surface area contributed by atoms with Gasteiger partial charge in [-0.15, -0.1) is 0 Å². The highest BCUT2D eigenvalue weighted by atomic mass is 16.5. The van der Waals surface area contributed by atoms with Crippen LogP contribution in [0.2, 0.25) is 0 Å². The zero-order chi connectivity index (χ0) is 10.7. The molecule has 0 spiro atoms. The molecule has 2 aromatic rings. The highest BCUT2D eigenvalue weighted by Gasteiger charge is 2.03. The zero-order valence-corrected chi connectivity index (χ0v) is 8.31. The van der Waals surface area contributed by atoms with Crippen LogP contribution in [0.4, 0.5) is 0 Å². The number of nitrogens with two attached hydrogens (primary N) is 1. The number of hydrogen-bond donors (Lipinski definition) is 3. The first-order valence-electron chi connectivity index (χ1n) is 4.90. The van der Waals surface area contributed by atoms with Crippen LogP contribution in [0, 0.1) is 0 Å². The minimum atomic E-state index is -0.810. The first-order valence-corrected chi connectivity index (χ1v) is 4.90. The van der Waals surface area contributed by atoms with Gasteiger partial charge in [0.25, 0.3) is 0 Å². The summed E-state index contributed by atoms with van der Waals surface area (Å²) in [4.78, 5) is 3.11. The molecule has 0 fully saturated rings. The largest absolute Gasteiger partial charge is 0.491 e. The van der Waals surface area contributed by atoms with E-state index in [1.165, 1.54) is 0 Å². The van der Waals surface area contributed by atoms with Crippen molar-refractivity contribution >= 4 is 10.9 Å². The van der Waals surface area contributed by atoms with E-state index in [-0.39, 0.29) is 0 Å². The number of aromatic nitrogens is 1. The fourth-order valence-electron chi connectivity index (χ4n) is 1.45. The number of hydrogen-bond acceptors (Lipinski definition) is 3. The number of rotatable bonds is 4. The molecule has 0 saturated heterocycles. The number of para-hydroxylation sites is 1. The smallest absolute Gasteiger partial charge is 0.144 e. The summed E-state index contributed by atoms with van der Waals surface area (Å²) in [6, 6.07) is 7.90. The Bertz CT molecular complexity index is 437. The van der Waals surface area contributed by atoms with Crippen molar-refractivity contribution in [1.29, 1.82) is 0 Å². The lowest BCUT2D eigenvalue weighted by molar-refractivity contribution is 0.146. The van der Waals surface area contributed by atoms with Crippen molar-refractivity contribution in [3.8, 4) is 5.75 Å². The number of H-pyrrole nitrogens is 1. The number of benzene rings is 1. The summed E-state index contributed by atoms with van der Waals surface area (Å²) in [5, 5.41) is 9.93. The Morgan fingerprint density at radius 3 is 3.00 bits per heavy atom. The first kappa shape index (κ1) is 10.0. The molecule has 1 aromatic carbocycles.